The number of amides is 2. The third-order valence-corrected chi connectivity index (χ3v) is 5.25. The number of hydrogen-bond acceptors (Lipinski definition) is 6. The summed E-state index contributed by atoms with van der Waals surface area (Å²) in [5.74, 6) is -0.473. The van der Waals surface area contributed by atoms with Crippen LogP contribution in [0.3, 0.4) is 0 Å². The summed E-state index contributed by atoms with van der Waals surface area (Å²) in [4.78, 5) is 29.0. The number of hydrogen-bond donors (Lipinski definition) is 1. The van der Waals surface area contributed by atoms with Gasteiger partial charge in [-0.1, -0.05) is 6.07 Å². The molecule has 0 atom stereocenters. The van der Waals surface area contributed by atoms with E-state index in [1.54, 1.807) is 12.1 Å². The highest BCUT2D eigenvalue weighted by molar-refractivity contribution is 7.92. The highest BCUT2D eigenvalue weighted by atomic mass is 32.2. The maximum atomic E-state index is 12.8. The van der Waals surface area contributed by atoms with E-state index in [2.05, 4.69) is 9.71 Å². The molecular weight excluding hydrogens is 358 g/mol. The first kappa shape index (κ1) is 17.9. The van der Waals surface area contributed by atoms with E-state index in [-0.39, 0.29) is 46.8 Å². The van der Waals surface area contributed by atoms with Crippen molar-refractivity contribution >= 4 is 33.3 Å². The molecule has 1 aromatic heterocycles. The van der Waals surface area contributed by atoms with Gasteiger partial charge in [-0.15, -0.1) is 0 Å². The molecule has 0 unspecified atom stereocenters. The van der Waals surface area contributed by atoms with Crippen LogP contribution in [0.5, 0.6) is 5.75 Å². The molecule has 1 fully saturated rings. The molecule has 3 rings (SSSR count). The number of sulfonamides is 1. The number of aromatic nitrogens is 1. The van der Waals surface area contributed by atoms with Gasteiger partial charge < -0.3 is 4.74 Å². The molecule has 0 bridgehead atoms. The molecular formula is C17H17N3O5S. The molecule has 2 aromatic rings. The first-order valence-electron chi connectivity index (χ1n) is 7.90. The lowest BCUT2D eigenvalue weighted by atomic mass is 10.1. The number of carbonyl (C=O) groups excluding carboxylic acids is 2. The lowest BCUT2D eigenvalue weighted by Crippen LogP contribution is -2.40. The average Bonchev–Trinajstić information content (AvgIpc) is 2.62. The van der Waals surface area contributed by atoms with Crippen molar-refractivity contribution in [2.75, 3.05) is 16.7 Å². The second-order valence-electron chi connectivity index (χ2n) is 5.63. The van der Waals surface area contributed by atoms with Gasteiger partial charge in [0.05, 0.1) is 12.8 Å². The number of nitrogens with one attached hydrogen (secondary N) is 1. The molecule has 1 aliphatic rings. The van der Waals surface area contributed by atoms with Crippen LogP contribution in [0, 0.1) is 0 Å². The lowest BCUT2D eigenvalue weighted by Gasteiger charge is -2.25. The van der Waals surface area contributed by atoms with E-state index in [9.17, 15) is 18.0 Å². The van der Waals surface area contributed by atoms with Gasteiger partial charge in [0.2, 0.25) is 11.8 Å². The van der Waals surface area contributed by atoms with Gasteiger partial charge in [0.25, 0.3) is 10.0 Å². The van der Waals surface area contributed by atoms with Crippen LogP contribution in [0.15, 0.2) is 47.5 Å². The molecule has 2 heterocycles. The topological polar surface area (TPSA) is 106 Å². The van der Waals surface area contributed by atoms with E-state index in [0.29, 0.717) is 6.42 Å². The summed E-state index contributed by atoms with van der Waals surface area (Å²) in [5, 5.41) is 0. The minimum Gasteiger partial charge on any atom is -0.495 e. The van der Waals surface area contributed by atoms with Crippen molar-refractivity contribution in [2.24, 2.45) is 0 Å². The molecule has 26 heavy (non-hydrogen) atoms. The molecule has 1 saturated heterocycles. The van der Waals surface area contributed by atoms with Crippen LogP contribution in [0.4, 0.5) is 11.5 Å². The molecule has 0 radical (unpaired) electrons. The average molecular weight is 375 g/mol. The standard InChI is InChI=1S/C17H17N3O5S/c1-25-13-9-8-12(20-16(21)6-4-7-17(20)22)11-14(13)26(23,24)19-15-5-2-3-10-18-15/h2-3,5,8-11H,4,6-7H2,1H3,(H,18,19). The fourth-order valence-corrected chi connectivity index (χ4v) is 3.87. The van der Waals surface area contributed by atoms with E-state index in [0.717, 1.165) is 4.90 Å². The number of benzene rings is 1. The summed E-state index contributed by atoms with van der Waals surface area (Å²) in [6.45, 7) is 0. The fraction of sp³-hybridized carbons (Fsp3) is 0.235. The van der Waals surface area contributed by atoms with Crippen LogP contribution in [-0.4, -0.2) is 32.3 Å². The van der Waals surface area contributed by atoms with E-state index in [4.69, 9.17) is 4.74 Å². The molecule has 9 heteroatoms. The first-order valence-corrected chi connectivity index (χ1v) is 9.38. The van der Waals surface area contributed by atoms with E-state index < -0.39 is 10.0 Å². The van der Waals surface area contributed by atoms with Gasteiger partial charge in [-0.3, -0.25) is 19.2 Å². The van der Waals surface area contributed by atoms with Crippen LogP contribution in [0.25, 0.3) is 0 Å². The summed E-state index contributed by atoms with van der Waals surface area (Å²) < 4.78 is 33.0. The van der Waals surface area contributed by atoms with Gasteiger partial charge >= 0.3 is 0 Å². The Morgan fingerprint density at radius 1 is 1.12 bits per heavy atom. The third-order valence-electron chi connectivity index (χ3n) is 3.88. The summed E-state index contributed by atoms with van der Waals surface area (Å²) >= 11 is 0. The quantitative estimate of drug-likeness (QED) is 0.801. The van der Waals surface area contributed by atoms with Crippen LogP contribution < -0.4 is 14.4 Å². The van der Waals surface area contributed by atoms with Crippen molar-refractivity contribution in [3.05, 3.63) is 42.6 Å². The normalized spacial score (nSPS) is 15.0. The third kappa shape index (κ3) is 3.52. The maximum absolute atomic E-state index is 12.8. The zero-order chi connectivity index (χ0) is 18.7. The Balaban J connectivity index is 2.03. The van der Waals surface area contributed by atoms with Crippen molar-refractivity contribution in [1.29, 1.82) is 0 Å². The molecule has 8 nitrogen and oxygen atoms in total. The maximum Gasteiger partial charge on any atom is 0.266 e. The number of ether oxygens (including phenoxy) is 1. The van der Waals surface area contributed by atoms with Crippen molar-refractivity contribution in [3.63, 3.8) is 0 Å². The van der Waals surface area contributed by atoms with Crippen molar-refractivity contribution < 1.29 is 22.7 Å². The highest BCUT2D eigenvalue weighted by Gasteiger charge is 2.29. The predicted octanol–water partition coefficient (Wildman–Crippen LogP) is 1.93. The smallest absolute Gasteiger partial charge is 0.266 e. The molecule has 1 aliphatic heterocycles. The Morgan fingerprint density at radius 2 is 1.85 bits per heavy atom. The molecule has 1 N–H and O–H groups in total. The summed E-state index contributed by atoms with van der Waals surface area (Å²) in [6, 6.07) is 8.96. The van der Waals surface area contributed by atoms with Gasteiger partial charge in [0.1, 0.15) is 16.5 Å². The Bertz CT molecular complexity index is 928. The molecule has 0 saturated carbocycles. The van der Waals surface area contributed by atoms with Gasteiger partial charge in [-0.05, 0) is 36.8 Å². The zero-order valence-corrected chi connectivity index (χ0v) is 14.8. The SMILES string of the molecule is COc1ccc(N2C(=O)CCCC2=O)cc1S(=O)(=O)Nc1ccccn1. The van der Waals surface area contributed by atoms with Crippen LogP contribution in [-0.2, 0) is 19.6 Å². The Labute approximate surface area is 150 Å². The van der Waals surface area contributed by atoms with Crippen LogP contribution in [0.2, 0.25) is 0 Å². The summed E-state index contributed by atoms with van der Waals surface area (Å²) in [7, 11) is -2.70. The Hall–Kier alpha value is -2.94. The second-order valence-corrected chi connectivity index (χ2v) is 7.28. The predicted molar refractivity (Wildman–Crippen MR) is 94.4 cm³/mol. The number of piperidine rings is 1. The number of imide groups is 1. The Kier molecular flexibility index (Phi) is 4.90. The minimum atomic E-state index is -4.04. The van der Waals surface area contributed by atoms with Gasteiger partial charge in [0.15, 0.2) is 0 Å². The molecule has 2 amide bonds. The molecule has 136 valence electrons. The number of nitrogens with zero attached hydrogens (tertiary/aromatic N) is 2. The first-order chi connectivity index (χ1) is 12.4. The van der Waals surface area contributed by atoms with Crippen molar-refractivity contribution in [1.82, 2.24) is 4.98 Å². The minimum absolute atomic E-state index is 0.0917. The summed E-state index contributed by atoms with van der Waals surface area (Å²) in [6.07, 6.45) is 2.44. The van der Waals surface area contributed by atoms with Gasteiger partial charge in [-0.25, -0.2) is 13.4 Å². The largest absolute Gasteiger partial charge is 0.495 e. The van der Waals surface area contributed by atoms with Crippen LogP contribution >= 0.6 is 0 Å². The second kappa shape index (κ2) is 7.12. The monoisotopic (exact) mass is 375 g/mol. The van der Waals surface area contributed by atoms with Crippen LogP contribution in [0.1, 0.15) is 19.3 Å². The fourth-order valence-electron chi connectivity index (χ4n) is 2.67. The number of methoxy groups -OCH3 is 1. The Morgan fingerprint density at radius 3 is 2.46 bits per heavy atom. The van der Waals surface area contributed by atoms with Crippen molar-refractivity contribution in [3.8, 4) is 5.75 Å². The van der Waals surface area contributed by atoms with Gasteiger partial charge in [-0.2, -0.15) is 0 Å². The number of pyridine rings is 1. The highest BCUT2D eigenvalue weighted by Crippen LogP contribution is 2.31. The lowest BCUT2D eigenvalue weighted by molar-refractivity contribution is -0.129. The number of anilines is 2. The number of carbonyl (C=O) groups is 2. The molecule has 0 aliphatic carbocycles. The zero-order valence-electron chi connectivity index (χ0n) is 14.0. The van der Waals surface area contributed by atoms with E-state index in [1.807, 2.05) is 0 Å². The van der Waals surface area contributed by atoms with E-state index in [1.165, 1.54) is 37.6 Å². The van der Waals surface area contributed by atoms with E-state index >= 15 is 0 Å². The van der Waals surface area contributed by atoms with Crippen molar-refractivity contribution in [2.45, 2.75) is 24.2 Å². The molecule has 0 spiro atoms. The summed E-state index contributed by atoms with van der Waals surface area (Å²) in [5.41, 5.74) is 0.196. The van der Waals surface area contributed by atoms with Gasteiger partial charge in [0, 0.05) is 19.0 Å². The number of rotatable bonds is 5. The molecule has 1 aromatic carbocycles.